The Kier molecular flexibility index (Phi) is 4.70. The summed E-state index contributed by atoms with van der Waals surface area (Å²) in [6.45, 7) is 1.36. The highest BCUT2D eigenvalue weighted by atomic mass is 16.2. The summed E-state index contributed by atoms with van der Waals surface area (Å²) < 4.78 is 2.11. The molecule has 0 spiro atoms. The molecule has 2 aromatic carbocycles. The number of nitrogen functional groups attached to an aromatic ring is 1. The minimum Gasteiger partial charge on any atom is -0.382 e. The highest BCUT2D eigenvalue weighted by Gasteiger charge is 2.32. The number of imidazole rings is 2. The Morgan fingerprint density at radius 2 is 1.94 bits per heavy atom. The number of anilines is 2. The van der Waals surface area contributed by atoms with Crippen molar-refractivity contribution in [3.8, 4) is 0 Å². The van der Waals surface area contributed by atoms with Crippen LogP contribution in [0.2, 0.25) is 0 Å². The van der Waals surface area contributed by atoms with Crippen molar-refractivity contribution >= 4 is 34.0 Å². The van der Waals surface area contributed by atoms with Gasteiger partial charge in [0.05, 0.1) is 29.1 Å². The summed E-state index contributed by atoms with van der Waals surface area (Å²) in [5.41, 5.74) is 13.0. The molecule has 1 amide bonds. The first kappa shape index (κ1) is 20.9. The minimum absolute atomic E-state index is 0.0494. The summed E-state index contributed by atoms with van der Waals surface area (Å²) in [5, 5.41) is 3.62. The van der Waals surface area contributed by atoms with E-state index in [4.69, 9.17) is 10.7 Å². The molecule has 2 aliphatic heterocycles. The molecule has 5 heterocycles. The smallest absolute Gasteiger partial charge is 0.253 e. The largest absolute Gasteiger partial charge is 0.382 e. The normalized spacial score (nSPS) is 18.0. The third kappa shape index (κ3) is 3.30. The molecular weight excluding hydrogens is 452 g/mol. The Morgan fingerprint density at radius 3 is 2.81 bits per heavy atom. The number of hydrogen-bond donors (Lipinski definition) is 3. The molecule has 1 unspecified atom stereocenters. The van der Waals surface area contributed by atoms with E-state index < -0.39 is 0 Å². The van der Waals surface area contributed by atoms with E-state index in [1.807, 2.05) is 35.4 Å². The average Bonchev–Trinajstić information content (AvgIpc) is 3.64. The number of nitrogens with one attached hydrogen (secondary N) is 2. The summed E-state index contributed by atoms with van der Waals surface area (Å²) in [4.78, 5) is 32.0. The average molecular weight is 479 g/mol. The lowest BCUT2D eigenvalue weighted by Crippen LogP contribution is -2.38. The van der Waals surface area contributed by atoms with Crippen LogP contribution in [0.25, 0.3) is 16.6 Å². The second kappa shape index (κ2) is 8.08. The van der Waals surface area contributed by atoms with E-state index in [2.05, 4.69) is 42.9 Å². The Hall–Kier alpha value is -4.40. The standard InChI is InChI=1S/C27H26N8O/c28-25-24-23(22-13-17-3-1-2-4-19(17)32-22)33-26(35(24)12-9-29-25)16-7-10-34(11-8-16)27(36)18-5-6-20-21(14-18)31-15-30-20/h1-6,9,12,14-16,22,32H,7-8,10-11,13H2,(H2,28,29)(H,30,31). The van der Waals surface area contributed by atoms with E-state index in [0.717, 1.165) is 53.0 Å². The first-order valence-corrected chi connectivity index (χ1v) is 12.3. The molecule has 4 N–H and O–H groups in total. The topological polar surface area (TPSA) is 117 Å². The van der Waals surface area contributed by atoms with Crippen molar-refractivity contribution in [2.24, 2.45) is 0 Å². The van der Waals surface area contributed by atoms with Gasteiger partial charge in [-0.3, -0.25) is 9.20 Å². The van der Waals surface area contributed by atoms with Crippen molar-refractivity contribution in [1.29, 1.82) is 0 Å². The van der Waals surface area contributed by atoms with Crippen LogP contribution < -0.4 is 11.1 Å². The lowest BCUT2D eigenvalue weighted by molar-refractivity contribution is 0.0711. The number of piperidine rings is 1. The Morgan fingerprint density at radius 1 is 1.08 bits per heavy atom. The number of H-pyrrole nitrogens is 1. The zero-order chi connectivity index (χ0) is 24.2. The monoisotopic (exact) mass is 478 g/mol. The molecule has 0 radical (unpaired) electrons. The predicted octanol–water partition coefficient (Wildman–Crippen LogP) is 3.92. The molecule has 7 rings (SSSR count). The quantitative estimate of drug-likeness (QED) is 0.362. The van der Waals surface area contributed by atoms with Crippen LogP contribution in [0.4, 0.5) is 11.5 Å². The number of carbonyl (C=O) groups is 1. The fourth-order valence-electron chi connectivity index (χ4n) is 5.70. The number of aromatic amines is 1. The Labute approximate surface area is 207 Å². The van der Waals surface area contributed by atoms with E-state index in [0.29, 0.717) is 24.5 Å². The van der Waals surface area contributed by atoms with Crippen LogP contribution in [0.3, 0.4) is 0 Å². The Balaban J connectivity index is 1.14. The van der Waals surface area contributed by atoms with Crippen molar-refractivity contribution < 1.29 is 4.79 Å². The second-order valence-electron chi connectivity index (χ2n) is 9.65. The summed E-state index contributed by atoms with van der Waals surface area (Å²) in [6.07, 6.45) is 7.89. The lowest BCUT2D eigenvalue weighted by Gasteiger charge is -2.31. The third-order valence-electron chi connectivity index (χ3n) is 7.55. The van der Waals surface area contributed by atoms with Crippen molar-refractivity contribution in [1.82, 2.24) is 29.2 Å². The molecule has 3 aromatic heterocycles. The maximum absolute atomic E-state index is 13.2. The molecule has 9 heteroatoms. The first-order chi connectivity index (χ1) is 17.7. The maximum atomic E-state index is 13.2. The van der Waals surface area contributed by atoms with Gasteiger partial charge in [0.15, 0.2) is 0 Å². The number of rotatable bonds is 3. The van der Waals surface area contributed by atoms with Crippen LogP contribution in [0, 0.1) is 0 Å². The lowest BCUT2D eigenvalue weighted by atomic mass is 9.95. The van der Waals surface area contributed by atoms with E-state index in [1.54, 1.807) is 12.5 Å². The van der Waals surface area contributed by atoms with Crippen LogP contribution in [0.5, 0.6) is 0 Å². The molecule has 5 aromatic rings. The van der Waals surface area contributed by atoms with Gasteiger partial charge in [0.25, 0.3) is 5.91 Å². The summed E-state index contributed by atoms with van der Waals surface area (Å²) in [7, 11) is 0. The summed E-state index contributed by atoms with van der Waals surface area (Å²) in [6, 6.07) is 14.1. The van der Waals surface area contributed by atoms with Crippen molar-refractivity contribution in [2.75, 3.05) is 24.1 Å². The van der Waals surface area contributed by atoms with Gasteiger partial charge in [-0.25, -0.2) is 15.0 Å². The number of benzene rings is 2. The molecule has 0 saturated carbocycles. The fraction of sp³-hybridized carbons (Fsp3) is 0.259. The highest BCUT2D eigenvalue weighted by molar-refractivity contribution is 5.97. The molecule has 1 atom stereocenters. The van der Waals surface area contributed by atoms with Gasteiger partial charge in [-0.05, 0) is 42.7 Å². The molecule has 36 heavy (non-hydrogen) atoms. The van der Waals surface area contributed by atoms with Gasteiger partial charge in [0, 0.05) is 49.1 Å². The first-order valence-electron chi connectivity index (χ1n) is 12.3. The van der Waals surface area contributed by atoms with Crippen LogP contribution in [0.15, 0.2) is 61.2 Å². The van der Waals surface area contributed by atoms with Crippen molar-refractivity contribution in [3.05, 3.63) is 83.8 Å². The summed E-state index contributed by atoms with van der Waals surface area (Å²) >= 11 is 0. The maximum Gasteiger partial charge on any atom is 0.253 e. The SMILES string of the molecule is Nc1nccn2c(C3CCN(C(=O)c4ccc5[nH]cnc5c4)CC3)nc(C3Cc4ccccc4N3)c12. The summed E-state index contributed by atoms with van der Waals surface area (Å²) in [5.74, 6) is 1.77. The number of carbonyl (C=O) groups excluding carboxylic acids is 1. The molecular formula is C27H26N8O. The number of aromatic nitrogens is 5. The molecule has 1 saturated heterocycles. The van der Waals surface area contributed by atoms with E-state index >= 15 is 0 Å². The zero-order valence-corrected chi connectivity index (χ0v) is 19.7. The van der Waals surface area contributed by atoms with Gasteiger partial charge in [-0.15, -0.1) is 0 Å². The predicted molar refractivity (Wildman–Crippen MR) is 138 cm³/mol. The Bertz CT molecular complexity index is 1590. The molecule has 1 fully saturated rings. The van der Waals surface area contributed by atoms with Gasteiger partial charge < -0.3 is 20.9 Å². The molecule has 9 nitrogen and oxygen atoms in total. The molecule has 0 bridgehead atoms. The van der Waals surface area contributed by atoms with E-state index in [-0.39, 0.29) is 17.9 Å². The number of para-hydroxylation sites is 1. The number of nitrogens with zero attached hydrogens (tertiary/aromatic N) is 5. The third-order valence-corrected chi connectivity index (χ3v) is 7.55. The van der Waals surface area contributed by atoms with Crippen LogP contribution in [-0.2, 0) is 6.42 Å². The van der Waals surface area contributed by atoms with Gasteiger partial charge in [0.2, 0.25) is 0 Å². The highest BCUT2D eigenvalue weighted by Crippen LogP contribution is 2.38. The van der Waals surface area contributed by atoms with Crippen molar-refractivity contribution in [3.63, 3.8) is 0 Å². The van der Waals surface area contributed by atoms with Crippen LogP contribution in [0.1, 0.15) is 52.2 Å². The number of amides is 1. The van der Waals surface area contributed by atoms with Crippen molar-refractivity contribution in [2.45, 2.75) is 31.2 Å². The number of nitrogens with two attached hydrogens (primary N) is 1. The van der Waals surface area contributed by atoms with Gasteiger partial charge in [0.1, 0.15) is 17.2 Å². The van der Waals surface area contributed by atoms with Crippen LogP contribution in [-0.4, -0.2) is 48.2 Å². The molecule has 2 aliphatic rings. The van der Waals surface area contributed by atoms with E-state index in [1.165, 1.54) is 5.56 Å². The zero-order valence-electron chi connectivity index (χ0n) is 19.7. The number of fused-ring (bicyclic) bond motifs is 3. The van der Waals surface area contributed by atoms with Gasteiger partial charge >= 0.3 is 0 Å². The molecule has 180 valence electrons. The number of likely N-dealkylation sites (tertiary alicyclic amines) is 1. The fourth-order valence-corrected chi connectivity index (χ4v) is 5.70. The minimum atomic E-state index is 0.0494. The van der Waals surface area contributed by atoms with Crippen LogP contribution >= 0.6 is 0 Å². The van der Waals surface area contributed by atoms with Gasteiger partial charge in [-0.1, -0.05) is 18.2 Å². The van der Waals surface area contributed by atoms with E-state index in [9.17, 15) is 4.79 Å². The second-order valence-corrected chi connectivity index (χ2v) is 9.65. The number of hydrogen-bond acceptors (Lipinski definition) is 6. The van der Waals surface area contributed by atoms with Gasteiger partial charge in [-0.2, -0.15) is 0 Å². The molecule has 0 aliphatic carbocycles.